The molecule has 0 saturated carbocycles. The van der Waals surface area contributed by atoms with Crippen LogP contribution in [0.15, 0.2) is 0 Å². The number of phosphoric ester groups is 2. The number of esters is 1. The second-order valence-electron chi connectivity index (χ2n) is 15.9. The predicted molar refractivity (Wildman–Crippen MR) is 281 cm³/mol. The summed E-state index contributed by atoms with van der Waals surface area (Å²) >= 11 is 10.7. The number of thioether (sulfide) groups is 1. The number of ether oxygens (including phenoxy) is 1. The van der Waals surface area contributed by atoms with E-state index < -0.39 is 51.6 Å². The van der Waals surface area contributed by atoms with E-state index in [4.69, 9.17) is 53.1 Å². The highest BCUT2D eigenvalue weighted by Gasteiger charge is 2.32. The van der Waals surface area contributed by atoms with Gasteiger partial charge in [-0.2, -0.15) is 0 Å². The SMILES string of the molecule is CCC(CCC(=O)CCC(=O)C(C)C)OC(=O)CCC(=O)SC.CCCOP(=O)(OC(CC)C(=O)C(C)C)O[S-](=P)=S.CCCOP(=O)(OC(CC)CCC(=O)CCC(=O)C(C)C)O[S-](=P)=S. The first-order chi connectivity index (χ1) is 31.2. The molecule has 0 fully saturated rings. The number of ketones is 5. The molecule has 0 radical (unpaired) electrons. The second kappa shape index (κ2) is 41.3. The van der Waals surface area contributed by atoms with Gasteiger partial charge in [0.25, 0.3) is 0 Å². The molecule has 0 aromatic rings. The Kier molecular flexibility index (Phi) is 43.8. The molecular formula is C42H78O16P4S5-2. The first-order valence-corrected chi connectivity index (χ1v) is 33.3. The molecule has 25 heteroatoms. The van der Waals surface area contributed by atoms with Crippen LogP contribution in [-0.2, 0) is 114 Å². The summed E-state index contributed by atoms with van der Waals surface area (Å²) in [4.78, 5) is 81.5. The normalized spacial score (nSPS) is 14.5. The molecule has 0 spiro atoms. The van der Waals surface area contributed by atoms with Crippen LogP contribution in [0.3, 0.4) is 0 Å². The maximum Gasteiger partial charge on any atom is 0.456 e. The highest BCUT2D eigenvalue weighted by atomic mass is 33.0. The van der Waals surface area contributed by atoms with Crippen molar-refractivity contribution in [3.63, 3.8) is 0 Å². The standard InChI is InChI=1S/C17H28O5S.C15H29O6P2S2.C10H21O5P2S2/c1-5-14(22-16(20)10-11-17(21)23-4)8-6-13(18)7-9-15(19)12(2)3;1-5-11-19-23(18,21-25(22)24)20-14(6-2)9-7-13(16)8-10-15(17)12(3)4;1-5-7-13-17(12,15-19(16)18)14-9(6-2)10(11)8(3)4/h12,14H,5-11H2,1-4H3;12,14,22H,5-11H2,1-4H3;8-9,16H,5-7H2,1-4H3/q;2*-1. The smallest absolute Gasteiger partial charge is 0.456 e. The van der Waals surface area contributed by atoms with E-state index >= 15 is 0 Å². The molecular weight excluding hydrogens is 1040 g/mol. The number of carbonyl (C=O) groups is 7. The predicted octanol–water partition coefficient (Wildman–Crippen LogP) is 11.7. The first kappa shape index (κ1) is 71.1. The van der Waals surface area contributed by atoms with Crippen LogP contribution in [0.2, 0.25) is 0 Å². The van der Waals surface area contributed by atoms with Crippen molar-refractivity contribution in [1.29, 1.82) is 0 Å². The molecule has 5 atom stereocenters. The minimum absolute atomic E-state index is 0.00980. The lowest BCUT2D eigenvalue weighted by atomic mass is 10.0. The van der Waals surface area contributed by atoms with Gasteiger partial charge in [-0.3, -0.25) is 69.5 Å². The molecule has 0 N–H and O–H groups in total. The monoisotopic (exact) mass is 1120 g/mol. The fraction of sp³-hybridized carbons (Fsp3) is 0.833. The molecule has 67 heavy (non-hydrogen) atoms. The third-order valence-corrected chi connectivity index (χ3v) is 16.8. The van der Waals surface area contributed by atoms with Crippen molar-refractivity contribution in [2.75, 3.05) is 19.5 Å². The highest BCUT2D eigenvalue weighted by molar-refractivity contribution is 8.37. The molecule has 5 unspecified atom stereocenters. The van der Waals surface area contributed by atoms with Gasteiger partial charge in [0.1, 0.15) is 35.3 Å². The van der Waals surface area contributed by atoms with Gasteiger partial charge in [-0.05, 0) is 51.2 Å². The Morgan fingerprint density at radius 2 is 0.985 bits per heavy atom. The number of Topliss-reactive ketones (excluding diaryl/α,β-unsaturated/α-hetero) is 5. The average Bonchev–Trinajstić information content (AvgIpc) is 3.26. The van der Waals surface area contributed by atoms with Gasteiger partial charge < -0.3 is 12.7 Å². The summed E-state index contributed by atoms with van der Waals surface area (Å²) in [6.45, 7) is 20.5. The minimum Gasteiger partial charge on any atom is -0.462 e. The van der Waals surface area contributed by atoms with E-state index in [1.165, 1.54) is 0 Å². The van der Waals surface area contributed by atoms with Crippen LogP contribution < -0.4 is 0 Å². The van der Waals surface area contributed by atoms with E-state index in [0.29, 0.717) is 51.4 Å². The summed E-state index contributed by atoms with van der Waals surface area (Å²) in [6.07, 6.45) is 5.68. The van der Waals surface area contributed by atoms with Crippen LogP contribution in [0.5, 0.6) is 0 Å². The Hall–Kier alpha value is -0.200. The quantitative estimate of drug-likeness (QED) is 0.0321. The molecule has 0 aliphatic rings. The van der Waals surface area contributed by atoms with Gasteiger partial charge in [-0.1, -0.05) is 87.9 Å². The van der Waals surface area contributed by atoms with Gasteiger partial charge in [0.05, 0.1) is 25.7 Å². The minimum atomic E-state index is -3.82. The molecule has 0 aromatic carbocycles. The summed E-state index contributed by atoms with van der Waals surface area (Å²) in [5, 5.41) is -0.0417. The van der Waals surface area contributed by atoms with Gasteiger partial charge in [-0.15, -0.1) is 0 Å². The van der Waals surface area contributed by atoms with E-state index in [9.17, 15) is 42.7 Å². The zero-order valence-corrected chi connectivity index (χ0v) is 49.3. The van der Waals surface area contributed by atoms with Crippen molar-refractivity contribution in [3.05, 3.63) is 0 Å². The van der Waals surface area contributed by atoms with Gasteiger partial charge >= 0.3 is 21.6 Å². The lowest BCUT2D eigenvalue weighted by Crippen LogP contribution is -2.27. The van der Waals surface area contributed by atoms with Crippen LogP contribution in [-0.4, -0.2) is 77.8 Å². The Morgan fingerprint density at radius 3 is 1.33 bits per heavy atom. The summed E-state index contributed by atoms with van der Waals surface area (Å²) in [7, 11) is -3.81. The van der Waals surface area contributed by atoms with Crippen LogP contribution in [0.1, 0.15) is 172 Å². The van der Waals surface area contributed by atoms with E-state index in [2.05, 4.69) is 16.0 Å². The molecule has 0 saturated heterocycles. The number of carbonyl (C=O) groups excluding carboxylic acids is 7. The summed E-state index contributed by atoms with van der Waals surface area (Å²) in [5.74, 6) is -0.672. The lowest BCUT2D eigenvalue weighted by molar-refractivity contribution is -0.150. The average molecular weight is 1120 g/mol. The Morgan fingerprint density at radius 1 is 0.567 bits per heavy atom. The molecule has 0 amide bonds. The summed E-state index contributed by atoms with van der Waals surface area (Å²) in [6, 6.07) is 0. The Balaban J connectivity index is -0.000000926. The first-order valence-electron chi connectivity index (χ1n) is 22.6. The van der Waals surface area contributed by atoms with E-state index in [1.807, 2.05) is 55.4 Å². The van der Waals surface area contributed by atoms with E-state index in [0.717, 1.165) is 11.8 Å². The van der Waals surface area contributed by atoms with Crippen molar-refractivity contribution in [2.24, 2.45) is 17.8 Å². The lowest BCUT2D eigenvalue weighted by Gasteiger charge is -2.25. The molecule has 0 heterocycles. The van der Waals surface area contributed by atoms with Crippen molar-refractivity contribution in [2.45, 2.75) is 191 Å². The number of phosphoric acid groups is 2. The second-order valence-corrected chi connectivity index (χ2v) is 27.4. The summed E-state index contributed by atoms with van der Waals surface area (Å²) < 4.78 is 61.6. The van der Waals surface area contributed by atoms with Crippen LogP contribution >= 0.6 is 43.4 Å². The van der Waals surface area contributed by atoms with Gasteiger partial charge in [0.15, 0.2) is 10.9 Å². The third-order valence-electron chi connectivity index (χ3n) is 9.07. The number of hydrogen-bond donors (Lipinski definition) is 0. The van der Waals surface area contributed by atoms with Crippen LogP contribution in [0.25, 0.3) is 0 Å². The van der Waals surface area contributed by atoms with Crippen LogP contribution in [0, 0.1) is 17.8 Å². The van der Waals surface area contributed by atoms with Gasteiger partial charge in [-0.25, -0.2) is 47.5 Å². The third kappa shape index (κ3) is 39.1. The maximum atomic E-state index is 12.6. The molecule has 0 aliphatic carbocycles. The highest BCUT2D eigenvalue weighted by Crippen LogP contribution is 2.53. The largest absolute Gasteiger partial charge is 0.462 e. The van der Waals surface area contributed by atoms with E-state index in [1.54, 1.807) is 27.0 Å². The molecule has 394 valence electrons. The Labute approximate surface area is 422 Å². The van der Waals surface area contributed by atoms with E-state index in [-0.39, 0.29) is 116 Å². The molecule has 0 aliphatic heterocycles. The van der Waals surface area contributed by atoms with Crippen LogP contribution in [0.4, 0.5) is 0 Å². The topological polar surface area (TPSA) is 218 Å². The number of rotatable bonds is 37. The molecule has 0 rings (SSSR count). The molecule has 0 aromatic heterocycles. The maximum absolute atomic E-state index is 12.6. The van der Waals surface area contributed by atoms with Gasteiger partial charge in [0, 0.05) is 62.7 Å². The van der Waals surface area contributed by atoms with Gasteiger partial charge in [0.2, 0.25) is 0 Å². The number of hydrogen-bond acceptors (Lipinski definition) is 21. The zero-order chi connectivity index (χ0) is 52.3. The Bertz CT molecular complexity index is 1760. The fourth-order valence-corrected chi connectivity index (χ4v) is 12.3. The van der Waals surface area contributed by atoms with Crippen molar-refractivity contribution in [1.82, 2.24) is 0 Å². The van der Waals surface area contributed by atoms with Crippen molar-refractivity contribution >= 4 is 124 Å². The van der Waals surface area contributed by atoms with Crippen molar-refractivity contribution < 1.29 is 73.5 Å². The molecule has 0 bridgehead atoms. The fourth-order valence-electron chi connectivity index (χ4n) is 4.97. The summed E-state index contributed by atoms with van der Waals surface area (Å²) in [5.41, 5.74) is 0. The zero-order valence-electron chi connectivity index (χ0n) is 41.5. The van der Waals surface area contributed by atoms with Crippen molar-refractivity contribution in [3.8, 4) is 0 Å². The molecule has 16 nitrogen and oxygen atoms in total.